The summed E-state index contributed by atoms with van der Waals surface area (Å²) in [6.45, 7) is 0. The molecule has 0 amide bonds. The highest BCUT2D eigenvalue weighted by molar-refractivity contribution is 5.67. The van der Waals surface area contributed by atoms with Crippen molar-refractivity contribution in [3.8, 4) is 0 Å². The first-order chi connectivity index (χ1) is 17.2. The molecule has 6 rings (SSSR count). The van der Waals surface area contributed by atoms with E-state index in [1.54, 1.807) is 16.7 Å². The van der Waals surface area contributed by atoms with Gasteiger partial charge in [-0.15, -0.1) is 0 Å². The van der Waals surface area contributed by atoms with Gasteiger partial charge >= 0.3 is 5.97 Å². The molecule has 186 valence electrons. The molecule has 0 saturated heterocycles. The van der Waals surface area contributed by atoms with E-state index in [2.05, 4.69) is 36.4 Å². The molecule has 0 spiro atoms. The molecular formula is C33H42O2. The predicted octanol–water partition coefficient (Wildman–Crippen LogP) is 8.78. The molecule has 35 heavy (non-hydrogen) atoms. The second kappa shape index (κ2) is 9.75. The second-order valence-corrected chi connectivity index (χ2v) is 12.0. The average Bonchev–Trinajstić information content (AvgIpc) is 3.03. The Morgan fingerprint density at radius 2 is 1.83 bits per heavy atom. The number of hydrogen-bond donors (Lipinski definition) is 1. The van der Waals surface area contributed by atoms with Gasteiger partial charge in [0.15, 0.2) is 0 Å². The Hall–Kier alpha value is -2.09. The van der Waals surface area contributed by atoms with Gasteiger partial charge in [0, 0.05) is 17.8 Å². The number of benzene rings is 1. The van der Waals surface area contributed by atoms with Crippen molar-refractivity contribution in [3.63, 3.8) is 0 Å². The Kier molecular flexibility index (Phi) is 6.50. The van der Waals surface area contributed by atoms with Crippen molar-refractivity contribution >= 4 is 5.97 Å². The maximum atomic E-state index is 11.8. The fourth-order valence-corrected chi connectivity index (χ4v) is 8.77. The third-order valence-corrected chi connectivity index (χ3v) is 10.3. The van der Waals surface area contributed by atoms with Crippen LogP contribution in [0.2, 0.25) is 0 Å². The maximum Gasteiger partial charge on any atom is 0.303 e. The molecule has 0 radical (unpaired) electrons. The van der Waals surface area contributed by atoms with E-state index in [4.69, 9.17) is 0 Å². The summed E-state index contributed by atoms with van der Waals surface area (Å²) in [5.74, 6) is 1.41. The van der Waals surface area contributed by atoms with Crippen LogP contribution in [0.5, 0.6) is 0 Å². The lowest BCUT2D eigenvalue weighted by Gasteiger charge is -2.43. The molecule has 0 aromatic heterocycles. The van der Waals surface area contributed by atoms with E-state index in [1.165, 1.54) is 88.2 Å². The Morgan fingerprint density at radius 3 is 2.74 bits per heavy atom. The predicted molar refractivity (Wildman–Crippen MR) is 143 cm³/mol. The number of aliphatic carboxylic acids is 1. The van der Waals surface area contributed by atoms with Crippen LogP contribution in [0.25, 0.3) is 0 Å². The van der Waals surface area contributed by atoms with Crippen LogP contribution in [0, 0.1) is 11.8 Å². The second-order valence-electron chi connectivity index (χ2n) is 12.0. The molecule has 3 unspecified atom stereocenters. The first-order valence-corrected chi connectivity index (χ1v) is 14.6. The lowest BCUT2D eigenvalue weighted by molar-refractivity contribution is -0.137. The van der Waals surface area contributed by atoms with Crippen LogP contribution >= 0.6 is 0 Å². The molecule has 2 nitrogen and oxygen atoms in total. The summed E-state index contributed by atoms with van der Waals surface area (Å²) in [5.41, 5.74) is 9.78. The lowest BCUT2D eigenvalue weighted by Crippen LogP contribution is -2.34. The number of fused-ring (bicyclic) bond motifs is 5. The third kappa shape index (κ3) is 4.15. The van der Waals surface area contributed by atoms with E-state index in [-0.39, 0.29) is 11.8 Å². The monoisotopic (exact) mass is 470 g/mol. The van der Waals surface area contributed by atoms with Crippen molar-refractivity contribution in [3.05, 3.63) is 69.8 Å². The Morgan fingerprint density at radius 1 is 0.971 bits per heavy atom. The zero-order valence-electron chi connectivity index (χ0n) is 21.4. The van der Waals surface area contributed by atoms with Crippen LogP contribution in [0.3, 0.4) is 0 Å². The van der Waals surface area contributed by atoms with Crippen molar-refractivity contribution in [1.82, 2.24) is 0 Å². The number of hydrogen-bond acceptors (Lipinski definition) is 1. The van der Waals surface area contributed by atoms with Crippen LogP contribution in [-0.2, 0) is 10.2 Å². The highest BCUT2D eigenvalue weighted by Crippen LogP contribution is 2.55. The van der Waals surface area contributed by atoms with Gasteiger partial charge in [0.1, 0.15) is 0 Å². The molecule has 0 heterocycles. The summed E-state index contributed by atoms with van der Waals surface area (Å²) < 4.78 is 0. The topological polar surface area (TPSA) is 37.3 Å². The van der Waals surface area contributed by atoms with Gasteiger partial charge in [0.05, 0.1) is 0 Å². The van der Waals surface area contributed by atoms with Gasteiger partial charge in [0.25, 0.3) is 0 Å². The van der Waals surface area contributed by atoms with E-state index in [1.807, 2.05) is 5.57 Å². The van der Waals surface area contributed by atoms with E-state index in [0.717, 1.165) is 31.1 Å². The molecule has 0 aliphatic heterocycles. The van der Waals surface area contributed by atoms with Crippen LogP contribution in [0.1, 0.15) is 120 Å². The van der Waals surface area contributed by atoms with Crippen molar-refractivity contribution in [2.75, 3.05) is 0 Å². The molecule has 2 bridgehead atoms. The van der Waals surface area contributed by atoms with Crippen LogP contribution in [0.4, 0.5) is 0 Å². The van der Waals surface area contributed by atoms with Crippen molar-refractivity contribution in [2.45, 2.75) is 114 Å². The maximum absolute atomic E-state index is 11.8. The van der Waals surface area contributed by atoms with Crippen LogP contribution in [-0.4, -0.2) is 11.1 Å². The van der Waals surface area contributed by atoms with E-state index >= 15 is 0 Å². The zero-order chi connectivity index (χ0) is 23.8. The first kappa shape index (κ1) is 23.3. The highest BCUT2D eigenvalue weighted by Gasteiger charge is 2.44. The molecule has 1 aromatic carbocycles. The number of allylic oxidation sites excluding steroid dienone is 6. The third-order valence-electron chi connectivity index (χ3n) is 10.3. The van der Waals surface area contributed by atoms with Gasteiger partial charge in [0.2, 0.25) is 0 Å². The normalized spacial score (nSPS) is 31.6. The minimum atomic E-state index is -0.650. The standard InChI is InChI=1S/C33H42O2/c34-32(35)19-21-33(24-11-2-1-10-23(22-24)25-12-7-8-18-31(25)33)20-9-17-30-28-15-5-3-13-26(28)27-14-4-6-16-29(27)30/h7-8,12-13,18,22-23,28,30H,1-6,9-11,14-17,19-21H2,(H,34,35)/t23?,28-,30?,33?/m1/s1. The Balaban J connectivity index is 1.30. The fraction of sp³-hybridized carbons (Fsp3) is 0.606. The minimum absolute atomic E-state index is 0.0799. The Bertz CT molecular complexity index is 1070. The molecule has 4 atom stereocenters. The summed E-state index contributed by atoms with van der Waals surface area (Å²) >= 11 is 0. The summed E-state index contributed by atoms with van der Waals surface area (Å²) in [6, 6.07) is 9.07. The lowest BCUT2D eigenvalue weighted by atomic mass is 9.61. The molecule has 0 fully saturated rings. The van der Waals surface area contributed by atoms with Crippen molar-refractivity contribution < 1.29 is 9.90 Å². The molecule has 5 aliphatic rings. The average molecular weight is 471 g/mol. The van der Waals surface area contributed by atoms with E-state index in [9.17, 15) is 9.90 Å². The molecule has 5 aliphatic carbocycles. The van der Waals surface area contributed by atoms with Crippen LogP contribution in [0.15, 0.2) is 58.7 Å². The molecule has 1 N–H and O–H groups in total. The molecule has 2 heteroatoms. The fourth-order valence-electron chi connectivity index (χ4n) is 8.77. The number of carboxylic acids is 1. The van der Waals surface area contributed by atoms with E-state index in [0.29, 0.717) is 5.92 Å². The summed E-state index contributed by atoms with van der Waals surface area (Å²) in [5, 5.41) is 9.71. The molecule has 1 aromatic rings. The SMILES string of the molecule is O=C(O)CCC1(CCCC2C3=C(CCCC3)C3=CCCC[C@H]32)C2=CC(CCCC2)c2ccccc21. The Labute approximate surface area is 211 Å². The number of rotatable bonds is 7. The van der Waals surface area contributed by atoms with Gasteiger partial charge in [-0.1, -0.05) is 60.4 Å². The zero-order valence-corrected chi connectivity index (χ0v) is 21.4. The smallest absolute Gasteiger partial charge is 0.303 e. The van der Waals surface area contributed by atoms with Gasteiger partial charge < -0.3 is 5.11 Å². The van der Waals surface area contributed by atoms with Gasteiger partial charge in [-0.3, -0.25) is 4.79 Å². The van der Waals surface area contributed by atoms with Gasteiger partial charge in [-0.2, -0.15) is 0 Å². The largest absolute Gasteiger partial charge is 0.481 e. The molecule has 0 saturated carbocycles. The van der Waals surface area contributed by atoms with Crippen LogP contribution < -0.4 is 0 Å². The summed E-state index contributed by atoms with van der Waals surface area (Å²) in [4.78, 5) is 11.8. The number of carbonyl (C=O) groups is 1. The summed E-state index contributed by atoms with van der Waals surface area (Å²) in [6.07, 6.45) is 24.1. The number of carboxylic acid groups (broad SMARTS) is 1. The van der Waals surface area contributed by atoms with Gasteiger partial charge in [-0.25, -0.2) is 0 Å². The minimum Gasteiger partial charge on any atom is -0.481 e. The first-order valence-electron chi connectivity index (χ1n) is 14.6. The van der Waals surface area contributed by atoms with Gasteiger partial charge in [-0.05, 0) is 118 Å². The quantitative estimate of drug-likeness (QED) is 0.404. The van der Waals surface area contributed by atoms with E-state index < -0.39 is 5.97 Å². The highest BCUT2D eigenvalue weighted by atomic mass is 16.4. The van der Waals surface area contributed by atoms with Crippen molar-refractivity contribution in [2.24, 2.45) is 11.8 Å². The summed E-state index contributed by atoms with van der Waals surface area (Å²) in [7, 11) is 0. The van der Waals surface area contributed by atoms with Crippen molar-refractivity contribution in [1.29, 1.82) is 0 Å². The molecular weight excluding hydrogens is 428 g/mol.